The summed E-state index contributed by atoms with van der Waals surface area (Å²) < 4.78 is 25.9. The first-order valence-electron chi connectivity index (χ1n) is 13.2. The summed E-state index contributed by atoms with van der Waals surface area (Å²) in [7, 11) is -2.21. The van der Waals surface area contributed by atoms with E-state index in [1.54, 1.807) is 31.3 Å². The number of hydrogen-bond acceptors (Lipinski definition) is 10. The van der Waals surface area contributed by atoms with E-state index in [1.165, 1.54) is 30.8 Å². The lowest BCUT2D eigenvalue weighted by Crippen LogP contribution is -2.48. The Morgan fingerprint density at radius 1 is 0.884 bits per heavy atom. The Hall–Kier alpha value is -2.52. The Morgan fingerprint density at radius 3 is 1.88 bits per heavy atom. The molecule has 0 unspecified atom stereocenters. The van der Waals surface area contributed by atoms with Crippen LogP contribution in [0.25, 0.3) is 11.1 Å². The highest BCUT2D eigenvalue weighted by Crippen LogP contribution is 2.32. The van der Waals surface area contributed by atoms with Crippen LogP contribution in [-0.2, 0) is 14.6 Å². The molecule has 5 atom stereocenters. The van der Waals surface area contributed by atoms with E-state index in [0.717, 1.165) is 16.0 Å². The Balaban J connectivity index is 0.000000420. The second-order valence-electron chi connectivity index (χ2n) is 10.1. The summed E-state index contributed by atoms with van der Waals surface area (Å²) in [5, 5.41) is 57.8. The smallest absolute Gasteiger partial charge is 0.311 e. The van der Waals surface area contributed by atoms with Gasteiger partial charge in [-0.05, 0) is 61.5 Å². The number of sulfone groups is 1. The molecule has 0 amide bonds. The number of aliphatic hydroxyl groups is 5. The van der Waals surface area contributed by atoms with Crippen LogP contribution in [0.1, 0.15) is 6.92 Å². The van der Waals surface area contributed by atoms with Gasteiger partial charge in [0.15, 0.2) is 9.84 Å². The van der Waals surface area contributed by atoms with Crippen molar-refractivity contribution in [2.24, 2.45) is 5.41 Å². The van der Waals surface area contributed by atoms with E-state index in [1.807, 2.05) is 42.5 Å². The van der Waals surface area contributed by atoms with Gasteiger partial charge in [0.05, 0.1) is 28.8 Å². The maximum atomic E-state index is 13.0. The van der Waals surface area contributed by atoms with Crippen molar-refractivity contribution in [1.29, 1.82) is 0 Å². The summed E-state index contributed by atoms with van der Waals surface area (Å²) in [6, 6.07) is 23.1. The van der Waals surface area contributed by atoms with Crippen LogP contribution in [0.2, 0.25) is 5.02 Å². The maximum absolute atomic E-state index is 13.0. The third-order valence-electron chi connectivity index (χ3n) is 6.46. The average molecular weight is 656 g/mol. The predicted molar refractivity (Wildman–Crippen MR) is 167 cm³/mol. The molecule has 3 aromatic rings. The van der Waals surface area contributed by atoms with Crippen LogP contribution in [0.4, 0.5) is 0 Å². The van der Waals surface area contributed by atoms with Gasteiger partial charge in [-0.2, -0.15) is 0 Å². The van der Waals surface area contributed by atoms with Crippen LogP contribution < -0.4 is 5.32 Å². The highest BCUT2D eigenvalue weighted by Gasteiger charge is 2.39. The minimum atomic E-state index is -3.79. The van der Waals surface area contributed by atoms with Gasteiger partial charge in [-0.15, -0.1) is 11.8 Å². The fraction of sp³-hybridized carbons (Fsp3) is 0.367. The van der Waals surface area contributed by atoms with Crippen LogP contribution in [-0.4, -0.2) is 101 Å². The quantitative estimate of drug-likeness (QED) is 0.126. The summed E-state index contributed by atoms with van der Waals surface area (Å²) in [5.41, 5.74) is 0.345. The summed E-state index contributed by atoms with van der Waals surface area (Å²) in [6.07, 6.45) is -5.65. The monoisotopic (exact) mass is 655 g/mol. The SMILES string of the molecule is CNC[C@H](O)[C@@H](O)[C@H](O)[C@H](O)CO.C[C@@](CSc1ccccc1)(CS(=O)(=O)c1ccc(-c2ccc(Cl)cc2)cc1)C(=O)O. The van der Waals surface area contributed by atoms with Gasteiger partial charge in [0.25, 0.3) is 0 Å². The molecule has 0 spiro atoms. The summed E-state index contributed by atoms with van der Waals surface area (Å²) in [6.45, 7) is 0.909. The number of benzene rings is 3. The van der Waals surface area contributed by atoms with Crippen LogP contribution in [0.3, 0.4) is 0 Å². The molecule has 0 aliphatic heterocycles. The van der Waals surface area contributed by atoms with Crippen molar-refractivity contribution in [3.8, 4) is 11.1 Å². The van der Waals surface area contributed by atoms with Gasteiger partial charge in [-0.25, -0.2) is 8.42 Å². The van der Waals surface area contributed by atoms with Crippen molar-refractivity contribution < 1.29 is 43.9 Å². The molecule has 0 heterocycles. The Labute approximate surface area is 260 Å². The third-order valence-corrected chi connectivity index (χ3v) is 10.1. The van der Waals surface area contributed by atoms with Gasteiger partial charge in [0.2, 0.25) is 0 Å². The molecular formula is C30H38ClNO9S2. The molecule has 0 fully saturated rings. The second kappa shape index (κ2) is 17.1. The number of likely N-dealkylation sites (N-methyl/N-ethyl adjacent to an activating group) is 1. The van der Waals surface area contributed by atoms with Crippen LogP contribution in [0, 0.1) is 5.41 Å². The second-order valence-corrected chi connectivity index (χ2v) is 13.6. The van der Waals surface area contributed by atoms with Gasteiger partial charge in [-0.1, -0.05) is 54.1 Å². The molecule has 3 aromatic carbocycles. The van der Waals surface area contributed by atoms with Crippen molar-refractivity contribution in [2.45, 2.75) is 41.1 Å². The standard InChI is InChI=1S/C23H21ClO4S2.C7H17NO5/c1-23(22(25)26,15-29-20-5-3-2-4-6-20)16-30(27,28)21-13-9-18(10-14-21)17-7-11-19(24)12-8-17;1-8-2-4(10)6(12)7(13)5(11)3-9/h2-14H,15-16H2,1H3,(H,25,26);4-13H,2-3H2,1H3/t23-;4-,5+,6+,7+/m10/s1. The molecular weight excluding hydrogens is 618 g/mol. The van der Waals surface area contributed by atoms with E-state index in [0.29, 0.717) is 5.02 Å². The normalized spacial score (nSPS) is 15.7. The molecule has 7 N–H and O–H groups in total. The lowest BCUT2D eigenvalue weighted by atomic mass is 9.97. The number of aliphatic hydroxyl groups excluding tert-OH is 5. The molecule has 0 aliphatic carbocycles. The number of carbonyl (C=O) groups is 1. The fourth-order valence-corrected chi connectivity index (χ4v) is 6.91. The lowest BCUT2D eigenvalue weighted by molar-refractivity contribution is -0.145. The first-order chi connectivity index (χ1) is 20.2. The lowest BCUT2D eigenvalue weighted by Gasteiger charge is -2.25. The van der Waals surface area contributed by atoms with E-state index < -0.39 is 58.0 Å². The molecule has 236 valence electrons. The van der Waals surface area contributed by atoms with E-state index in [4.69, 9.17) is 32.0 Å². The molecule has 0 radical (unpaired) electrons. The number of nitrogens with one attached hydrogen (secondary N) is 1. The third kappa shape index (κ3) is 11.2. The first kappa shape index (κ1) is 36.7. The molecule has 13 heteroatoms. The predicted octanol–water partition coefficient (Wildman–Crippen LogP) is 2.31. The van der Waals surface area contributed by atoms with Gasteiger partial charge >= 0.3 is 5.97 Å². The van der Waals surface area contributed by atoms with E-state index in [-0.39, 0.29) is 17.2 Å². The summed E-state index contributed by atoms with van der Waals surface area (Å²) in [5.74, 6) is -1.46. The van der Waals surface area contributed by atoms with Crippen molar-refractivity contribution in [2.75, 3.05) is 31.7 Å². The Bertz CT molecular complexity index is 1380. The number of carboxylic acids is 1. The number of rotatable bonds is 14. The topological polar surface area (TPSA) is 185 Å². The molecule has 0 aliphatic rings. The van der Waals surface area contributed by atoms with Crippen LogP contribution in [0.5, 0.6) is 0 Å². The van der Waals surface area contributed by atoms with Crippen LogP contribution in [0.15, 0.2) is 88.7 Å². The minimum Gasteiger partial charge on any atom is -0.481 e. The first-order valence-corrected chi connectivity index (χ1v) is 16.2. The molecule has 0 saturated carbocycles. The van der Waals surface area contributed by atoms with Gasteiger partial charge in [0.1, 0.15) is 18.3 Å². The van der Waals surface area contributed by atoms with Gasteiger partial charge < -0.3 is 36.0 Å². The van der Waals surface area contributed by atoms with E-state index in [2.05, 4.69) is 5.32 Å². The Kier molecular flexibility index (Phi) is 14.6. The van der Waals surface area contributed by atoms with Gasteiger partial charge in [-0.3, -0.25) is 4.79 Å². The van der Waals surface area contributed by atoms with Crippen molar-refractivity contribution in [3.05, 3.63) is 83.9 Å². The highest BCUT2D eigenvalue weighted by atomic mass is 35.5. The number of carboxylic acid groups (broad SMARTS) is 1. The zero-order valence-electron chi connectivity index (χ0n) is 23.7. The van der Waals surface area contributed by atoms with Crippen molar-refractivity contribution in [3.63, 3.8) is 0 Å². The number of halogens is 1. The summed E-state index contributed by atoms with van der Waals surface area (Å²) in [4.78, 5) is 12.9. The Morgan fingerprint density at radius 2 is 1.40 bits per heavy atom. The van der Waals surface area contributed by atoms with E-state index in [9.17, 15) is 23.4 Å². The largest absolute Gasteiger partial charge is 0.481 e. The van der Waals surface area contributed by atoms with Crippen LogP contribution >= 0.6 is 23.4 Å². The highest BCUT2D eigenvalue weighted by molar-refractivity contribution is 7.99. The molecule has 3 rings (SSSR count). The van der Waals surface area contributed by atoms with E-state index >= 15 is 0 Å². The number of hydrogen-bond donors (Lipinski definition) is 7. The molecule has 0 saturated heterocycles. The van der Waals surface area contributed by atoms with Crippen molar-refractivity contribution >= 4 is 39.2 Å². The minimum absolute atomic E-state index is 0.0936. The number of thioether (sulfide) groups is 1. The zero-order chi connectivity index (χ0) is 32.2. The molecule has 0 bridgehead atoms. The van der Waals surface area contributed by atoms with Crippen molar-refractivity contribution in [1.82, 2.24) is 5.32 Å². The maximum Gasteiger partial charge on any atom is 0.311 e. The van der Waals surface area contributed by atoms with Gasteiger partial charge in [0, 0.05) is 22.2 Å². The molecule has 43 heavy (non-hydrogen) atoms. The molecule has 0 aromatic heterocycles. The zero-order valence-corrected chi connectivity index (χ0v) is 26.1. The fourth-order valence-electron chi connectivity index (χ4n) is 3.82. The number of aliphatic carboxylic acids is 1. The summed E-state index contributed by atoms with van der Waals surface area (Å²) >= 11 is 7.24. The molecule has 10 nitrogen and oxygen atoms in total. The average Bonchev–Trinajstić information content (AvgIpc) is 3.00.